The molecule has 0 bridgehead atoms. The van der Waals surface area contributed by atoms with Crippen LogP contribution in [0.1, 0.15) is 28.1 Å². The van der Waals surface area contributed by atoms with E-state index in [1.807, 2.05) is 43.3 Å². The molecule has 0 unspecified atom stereocenters. The maximum absolute atomic E-state index is 6.30. The average molecular weight is 497 g/mol. The number of benzene rings is 3. The summed E-state index contributed by atoms with van der Waals surface area (Å²) in [4.78, 5) is 0. The summed E-state index contributed by atoms with van der Waals surface area (Å²) in [6.45, 7) is 4.42. The molecule has 3 aromatic carbocycles. The van der Waals surface area contributed by atoms with Crippen molar-refractivity contribution in [1.82, 2.24) is 14.9 Å². The molecule has 4 aromatic rings. The van der Waals surface area contributed by atoms with E-state index in [1.165, 1.54) is 17.3 Å². The van der Waals surface area contributed by atoms with Crippen molar-refractivity contribution >= 4 is 41.2 Å². The zero-order valence-corrected chi connectivity index (χ0v) is 20.5. The molecule has 1 heterocycles. The highest BCUT2D eigenvalue weighted by atomic mass is 35.5. The monoisotopic (exact) mass is 496 g/mol. The van der Waals surface area contributed by atoms with Crippen molar-refractivity contribution < 1.29 is 4.74 Å². The van der Waals surface area contributed by atoms with Gasteiger partial charge in [0.1, 0.15) is 12.4 Å². The van der Waals surface area contributed by atoms with Crippen LogP contribution in [0.25, 0.3) is 0 Å². The van der Waals surface area contributed by atoms with Crippen LogP contribution in [-0.4, -0.2) is 21.1 Å². The average Bonchev–Trinajstić information content (AvgIpc) is 3.16. The van der Waals surface area contributed by atoms with Gasteiger partial charge in [0, 0.05) is 21.4 Å². The summed E-state index contributed by atoms with van der Waals surface area (Å²) in [7, 11) is 0. The second-order valence-electron chi connectivity index (χ2n) is 7.42. The van der Waals surface area contributed by atoms with Gasteiger partial charge in [-0.05, 0) is 49.2 Å². The lowest BCUT2D eigenvalue weighted by molar-refractivity contribution is 0.306. The normalized spacial score (nSPS) is 11.3. The van der Waals surface area contributed by atoms with E-state index in [0.29, 0.717) is 33.4 Å². The van der Waals surface area contributed by atoms with Crippen LogP contribution in [0.5, 0.6) is 5.75 Å². The van der Waals surface area contributed by atoms with E-state index in [-0.39, 0.29) is 0 Å². The topological polar surface area (TPSA) is 52.3 Å². The van der Waals surface area contributed by atoms with Gasteiger partial charge in [0.05, 0.1) is 6.21 Å². The Morgan fingerprint density at radius 3 is 2.58 bits per heavy atom. The minimum absolute atomic E-state index is 0.486. The summed E-state index contributed by atoms with van der Waals surface area (Å²) in [5, 5.41) is 15.0. The summed E-state index contributed by atoms with van der Waals surface area (Å²) in [5.74, 6) is 2.07. The molecule has 1 aromatic heterocycles. The first kappa shape index (κ1) is 23.4. The first-order chi connectivity index (χ1) is 16.0. The largest absolute Gasteiger partial charge is 0.488 e. The number of para-hydroxylation sites is 1. The third-order valence-corrected chi connectivity index (χ3v) is 6.44. The molecule has 0 aliphatic rings. The molecule has 0 fully saturated rings. The Kier molecular flexibility index (Phi) is 7.70. The van der Waals surface area contributed by atoms with Crippen LogP contribution in [0.4, 0.5) is 0 Å². The van der Waals surface area contributed by atoms with E-state index in [4.69, 9.17) is 27.9 Å². The van der Waals surface area contributed by atoms with Crippen LogP contribution in [0.15, 0.2) is 77.0 Å². The highest BCUT2D eigenvalue weighted by Crippen LogP contribution is 2.28. The molecule has 0 saturated heterocycles. The van der Waals surface area contributed by atoms with Crippen molar-refractivity contribution in [3.05, 3.63) is 105 Å². The Bertz CT molecular complexity index is 1270. The third kappa shape index (κ3) is 6.16. The standard InChI is InChI=1S/C25H22Cl2N4OS/c1-17-7-9-19(10-8-17)15-32-24-6-4-3-5-20(24)14-28-31-18(2)29-30-25(31)33-16-21-11-12-22(26)13-23(21)27/h3-14H,15-16H2,1-2H3/b28-14+. The SMILES string of the molecule is Cc1ccc(COc2ccccc2/C=N/n2c(C)nnc2SCc2ccc(Cl)cc2Cl)cc1. The lowest BCUT2D eigenvalue weighted by Gasteiger charge is -2.09. The fourth-order valence-electron chi connectivity index (χ4n) is 3.03. The number of halogens is 2. The van der Waals surface area contributed by atoms with Gasteiger partial charge in [-0.15, -0.1) is 10.2 Å². The van der Waals surface area contributed by atoms with Gasteiger partial charge in [0.15, 0.2) is 5.82 Å². The first-order valence-electron chi connectivity index (χ1n) is 10.3. The zero-order valence-electron chi connectivity index (χ0n) is 18.2. The third-order valence-electron chi connectivity index (χ3n) is 4.89. The molecule has 0 atom stereocenters. The number of aromatic nitrogens is 3. The molecular weight excluding hydrogens is 475 g/mol. The number of thioether (sulfide) groups is 1. The maximum Gasteiger partial charge on any atom is 0.212 e. The molecule has 0 spiro atoms. The Morgan fingerprint density at radius 1 is 1.00 bits per heavy atom. The van der Waals surface area contributed by atoms with Gasteiger partial charge in [-0.25, -0.2) is 0 Å². The van der Waals surface area contributed by atoms with E-state index >= 15 is 0 Å². The number of nitrogens with zero attached hydrogens (tertiary/aromatic N) is 4. The van der Waals surface area contributed by atoms with Crippen LogP contribution in [-0.2, 0) is 12.4 Å². The van der Waals surface area contributed by atoms with E-state index in [0.717, 1.165) is 22.4 Å². The predicted octanol–water partition coefficient (Wildman–Crippen LogP) is 6.96. The van der Waals surface area contributed by atoms with Crippen LogP contribution in [0.3, 0.4) is 0 Å². The van der Waals surface area contributed by atoms with Crippen molar-refractivity contribution in [3.8, 4) is 5.75 Å². The zero-order chi connectivity index (χ0) is 23.2. The molecule has 0 saturated carbocycles. The van der Waals surface area contributed by atoms with Crippen molar-refractivity contribution in [3.63, 3.8) is 0 Å². The van der Waals surface area contributed by atoms with Gasteiger partial charge >= 0.3 is 0 Å². The highest BCUT2D eigenvalue weighted by molar-refractivity contribution is 7.98. The molecule has 0 N–H and O–H groups in total. The molecule has 0 aliphatic carbocycles. The predicted molar refractivity (Wildman–Crippen MR) is 136 cm³/mol. The fourth-order valence-corrected chi connectivity index (χ4v) is 4.52. The summed E-state index contributed by atoms with van der Waals surface area (Å²) in [6.07, 6.45) is 1.76. The van der Waals surface area contributed by atoms with Crippen molar-refractivity contribution in [2.75, 3.05) is 0 Å². The van der Waals surface area contributed by atoms with Gasteiger partial charge in [0.2, 0.25) is 5.16 Å². The molecule has 0 radical (unpaired) electrons. The van der Waals surface area contributed by atoms with E-state index in [2.05, 4.69) is 46.5 Å². The van der Waals surface area contributed by atoms with Gasteiger partial charge in [-0.3, -0.25) is 0 Å². The van der Waals surface area contributed by atoms with Gasteiger partial charge < -0.3 is 4.74 Å². The summed E-state index contributed by atoms with van der Waals surface area (Å²) < 4.78 is 7.77. The molecule has 4 rings (SSSR count). The van der Waals surface area contributed by atoms with Gasteiger partial charge in [-0.1, -0.05) is 83.0 Å². The minimum atomic E-state index is 0.486. The van der Waals surface area contributed by atoms with Crippen LogP contribution in [0.2, 0.25) is 10.0 Å². The Labute approximate surface area is 207 Å². The number of aryl methyl sites for hydroxylation is 2. The number of rotatable bonds is 8. The summed E-state index contributed by atoms with van der Waals surface area (Å²) in [6, 6.07) is 21.6. The molecule has 5 nitrogen and oxygen atoms in total. The maximum atomic E-state index is 6.30. The first-order valence-corrected chi connectivity index (χ1v) is 12.0. The number of ether oxygens (including phenoxy) is 1. The second-order valence-corrected chi connectivity index (χ2v) is 9.21. The smallest absolute Gasteiger partial charge is 0.212 e. The number of hydrogen-bond acceptors (Lipinski definition) is 5. The van der Waals surface area contributed by atoms with Crippen LogP contribution < -0.4 is 4.74 Å². The van der Waals surface area contributed by atoms with E-state index in [1.54, 1.807) is 17.0 Å². The fraction of sp³-hybridized carbons (Fsp3) is 0.160. The molecule has 33 heavy (non-hydrogen) atoms. The van der Waals surface area contributed by atoms with E-state index in [9.17, 15) is 0 Å². The summed E-state index contributed by atoms with van der Waals surface area (Å²) in [5.41, 5.74) is 4.18. The van der Waals surface area contributed by atoms with Crippen molar-refractivity contribution in [2.45, 2.75) is 31.4 Å². The molecule has 0 aliphatic heterocycles. The highest BCUT2D eigenvalue weighted by Gasteiger charge is 2.11. The lowest BCUT2D eigenvalue weighted by atomic mass is 10.1. The summed E-state index contributed by atoms with van der Waals surface area (Å²) >= 11 is 13.8. The number of hydrogen-bond donors (Lipinski definition) is 0. The quantitative estimate of drug-likeness (QED) is 0.195. The van der Waals surface area contributed by atoms with E-state index < -0.39 is 0 Å². The Balaban J connectivity index is 1.48. The molecular formula is C25H22Cl2N4OS. The van der Waals surface area contributed by atoms with Crippen LogP contribution >= 0.6 is 35.0 Å². The van der Waals surface area contributed by atoms with Gasteiger partial charge in [0.25, 0.3) is 0 Å². The second kappa shape index (κ2) is 10.9. The Hall–Kier alpha value is -2.80. The van der Waals surface area contributed by atoms with Crippen LogP contribution in [0, 0.1) is 13.8 Å². The lowest BCUT2D eigenvalue weighted by Crippen LogP contribution is -2.00. The van der Waals surface area contributed by atoms with Crippen molar-refractivity contribution in [1.29, 1.82) is 0 Å². The molecule has 168 valence electrons. The minimum Gasteiger partial charge on any atom is -0.488 e. The van der Waals surface area contributed by atoms with Gasteiger partial charge in [-0.2, -0.15) is 9.78 Å². The molecule has 0 amide bonds. The van der Waals surface area contributed by atoms with Crippen molar-refractivity contribution in [2.24, 2.45) is 5.10 Å². The molecule has 8 heteroatoms. The Morgan fingerprint density at radius 2 is 1.79 bits per heavy atom.